The van der Waals surface area contributed by atoms with E-state index in [9.17, 15) is 0 Å². The van der Waals surface area contributed by atoms with E-state index in [0.29, 0.717) is 0 Å². The van der Waals surface area contributed by atoms with Gasteiger partial charge in [-0.25, -0.2) is 0 Å². The van der Waals surface area contributed by atoms with Crippen LogP contribution in [0, 0.1) is 0 Å². The van der Waals surface area contributed by atoms with E-state index in [-0.39, 0.29) is 10.8 Å². The first-order chi connectivity index (χ1) is 33.2. The van der Waals surface area contributed by atoms with Crippen molar-refractivity contribution < 1.29 is 4.42 Å². The van der Waals surface area contributed by atoms with Crippen molar-refractivity contribution >= 4 is 61.5 Å². The molecule has 0 saturated heterocycles. The van der Waals surface area contributed by atoms with Crippen LogP contribution in [0.25, 0.3) is 66.5 Å². The number of hydrogen-bond donors (Lipinski definition) is 1. The van der Waals surface area contributed by atoms with Gasteiger partial charge in [0, 0.05) is 55.6 Å². The van der Waals surface area contributed by atoms with Crippen LogP contribution in [0.4, 0.5) is 28.4 Å². The van der Waals surface area contributed by atoms with Crippen LogP contribution >= 0.6 is 0 Å². The summed E-state index contributed by atoms with van der Waals surface area (Å²) in [4.78, 5) is 2.45. The Morgan fingerprint density at radius 2 is 1.00 bits per heavy atom. The maximum absolute atomic E-state index is 6.57. The molecular weight excluding hydrogens is 825 g/mol. The molecule has 0 spiro atoms. The topological polar surface area (TPSA) is 28.4 Å². The number of para-hydroxylation sites is 2. The second-order valence-electron chi connectivity index (χ2n) is 19.7. The molecule has 3 aliphatic rings. The second kappa shape index (κ2) is 15.2. The number of allylic oxidation sites excluding steroid dienone is 4. The van der Waals surface area contributed by atoms with Crippen LogP contribution in [0.15, 0.2) is 217 Å². The number of hydrogen-bond acceptors (Lipinski definition) is 3. The lowest BCUT2D eigenvalue weighted by molar-refractivity contribution is 0.660. The molecule has 1 heterocycles. The maximum atomic E-state index is 6.57. The smallest absolute Gasteiger partial charge is 0.136 e. The normalized spacial score (nSPS) is 14.8. The van der Waals surface area contributed by atoms with Crippen molar-refractivity contribution in [3.8, 4) is 33.4 Å². The third-order valence-electron chi connectivity index (χ3n) is 15.1. The minimum atomic E-state index is -0.122. The van der Waals surface area contributed by atoms with Gasteiger partial charge < -0.3 is 14.6 Å². The van der Waals surface area contributed by atoms with Gasteiger partial charge in [-0.05, 0) is 152 Å². The number of furan rings is 1. The van der Waals surface area contributed by atoms with Crippen molar-refractivity contribution in [1.29, 1.82) is 0 Å². The lowest BCUT2D eigenvalue weighted by atomic mass is 9.82. The first kappa shape index (κ1) is 40.2. The molecule has 3 heteroatoms. The van der Waals surface area contributed by atoms with E-state index < -0.39 is 0 Å². The SMILES string of the molecule is CC1(C)c2ccccc2-c2ccc(N(c3ccc(-c4cccc5oc6ccc(C7=CCC(c8ccccc8Nc8ccccc8)=C7)cc6c45)cc3)c3ccc4c(c3)C(C)(C)c3ccccc3-4)cc21. The molecule has 9 aromatic carbocycles. The number of nitrogens with one attached hydrogen (secondary N) is 1. The lowest BCUT2D eigenvalue weighted by Crippen LogP contribution is -2.18. The largest absolute Gasteiger partial charge is 0.456 e. The fourth-order valence-electron chi connectivity index (χ4n) is 11.6. The fraction of sp³-hybridized carbons (Fsp3) is 0.108. The zero-order valence-electron chi connectivity index (χ0n) is 38.8. The number of rotatable bonds is 8. The molecule has 10 aromatic rings. The standard InChI is InChI=1S/C65H50N2O/c1-64(2)56-21-11-8-18-51(56)53-34-32-47(39-58(53)64)67(48-33-35-54-52-19-9-12-22-57(52)65(3,4)59(54)40-48)46-30-27-41(28-31-46)50-20-14-24-62-63(50)55-38-43(29-36-61(55)68-62)42-25-26-44(37-42)49-17-10-13-23-60(49)66-45-15-6-5-7-16-45/h5-25,27-40,66H,26H2,1-4H3. The Bertz CT molecular complexity index is 3630. The van der Waals surface area contributed by atoms with Gasteiger partial charge in [0.15, 0.2) is 0 Å². The number of fused-ring (bicyclic) bond motifs is 9. The minimum absolute atomic E-state index is 0.122. The van der Waals surface area contributed by atoms with Crippen molar-refractivity contribution in [2.24, 2.45) is 0 Å². The molecule has 1 N–H and O–H groups in total. The van der Waals surface area contributed by atoms with E-state index >= 15 is 0 Å². The average Bonchev–Trinajstić information content (AvgIpc) is 4.12. The molecule has 0 bridgehead atoms. The zero-order chi connectivity index (χ0) is 45.7. The first-order valence-electron chi connectivity index (χ1n) is 23.9. The van der Waals surface area contributed by atoms with E-state index in [2.05, 4.69) is 244 Å². The molecule has 0 fully saturated rings. The van der Waals surface area contributed by atoms with E-state index in [4.69, 9.17) is 4.42 Å². The summed E-state index contributed by atoms with van der Waals surface area (Å²) in [6.45, 7) is 9.45. The summed E-state index contributed by atoms with van der Waals surface area (Å²) in [5.74, 6) is 0. The molecule has 0 atom stereocenters. The molecule has 3 aliphatic carbocycles. The Balaban J connectivity index is 0.883. The summed E-state index contributed by atoms with van der Waals surface area (Å²) < 4.78 is 6.57. The van der Waals surface area contributed by atoms with Gasteiger partial charge in [0.2, 0.25) is 0 Å². The lowest BCUT2D eigenvalue weighted by Gasteiger charge is -2.30. The van der Waals surface area contributed by atoms with Crippen LogP contribution in [0.2, 0.25) is 0 Å². The van der Waals surface area contributed by atoms with E-state index in [1.54, 1.807) is 0 Å². The highest BCUT2D eigenvalue weighted by atomic mass is 16.3. The van der Waals surface area contributed by atoms with Gasteiger partial charge in [-0.1, -0.05) is 167 Å². The molecule has 0 radical (unpaired) electrons. The summed E-state index contributed by atoms with van der Waals surface area (Å²) in [7, 11) is 0. The van der Waals surface area contributed by atoms with E-state index in [0.717, 1.165) is 67.9 Å². The van der Waals surface area contributed by atoms with Crippen LogP contribution in [-0.4, -0.2) is 0 Å². The fourth-order valence-corrected chi connectivity index (χ4v) is 11.6. The molecule has 1 aromatic heterocycles. The predicted molar refractivity (Wildman–Crippen MR) is 286 cm³/mol. The summed E-state index contributed by atoms with van der Waals surface area (Å²) in [5.41, 5.74) is 25.2. The highest BCUT2D eigenvalue weighted by Crippen LogP contribution is 2.53. The van der Waals surface area contributed by atoms with Gasteiger partial charge >= 0.3 is 0 Å². The summed E-state index contributed by atoms with van der Waals surface area (Å²) in [6, 6.07) is 73.2. The van der Waals surface area contributed by atoms with Crippen LogP contribution in [0.3, 0.4) is 0 Å². The maximum Gasteiger partial charge on any atom is 0.136 e. The number of nitrogens with zero attached hydrogens (tertiary/aromatic N) is 1. The zero-order valence-corrected chi connectivity index (χ0v) is 38.8. The number of anilines is 5. The van der Waals surface area contributed by atoms with Crippen molar-refractivity contribution in [1.82, 2.24) is 0 Å². The Kier molecular flexibility index (Phi) is 8.98. The van der Waals surface area contributed by atoms with Crippen LogP contribution in [-0.2, 0) is 10.8 Å². The molecule has 13 rings (SSSR count). The third kappa shape index (κ3) is 6.26. The van der Waals surface area contributed by atoms with Gasteiger partial charge in [0.1, 0.15) is 11.2 Å². The molecular formula is C65H50N2O. The van der Waals surface area contributed by atoms with Crippen LogP contribution < -0.4 is 10.2 Å². The van der Waals surface area contributed by atoms with Gasteiger partial charge in [-0.3, -0.25) is 0 Å². The Hall–Kier alpha value is -8.14. The third-order valence-corrected chi connectivity index (χ3v) is 15.1. The van der Waals surface area contributed by atoms with E-state index in [1.807, 2.05) is 6.07 Å². The molecule has 68 heavy (non-hydrogen) atoms. The van der Waals surface area contributed by atoms with Crippen molar-refractivity contribution in [3.63, 3.8) is 0 Å². The van der Waals surface area contributed by atoms with Crippen LogP contribution in [0.5, 0.6) is 0 Å². The van der Waals surface area contributed by atoms with Gasteiger partial charge in [0.05, 0.1) is 0 Å². The molecule has 0 amide bonds. The van der Waals surface area contributed by atoms with Gasteiger partial charge in [0.25, 0.3) is 0 Å². The molecule has 0 saturated carbocycles. The van der Waals surface area contributed by atoms with Crippen molar-refractivity contribution in [2.45, 2.75) is 44.9 Å². The van der Waals surface area contributed by atoms with Gasteiger partial charge in [-0.2, -0.15) is 0 Å². The Morgan fingerprint density at radius 1 is 0.441 bits per heavy atom. The highest BCUT2D eigenvalue weighted by Gasteiger charge is 2.38. The molecule has 326 valence electrons. The highest BCUT2D eigenvalue weighted by molar-refractivity contribution is 6.13. The molecule has 0 aliphatic heterocycles. The number of benzene rings is 9. The summed E-state index contributed by atoms with van der Waals surface area (Å²) in [5, 5.41) is 5.90. The van der Waals surface area contributed by atoms with Crippen molar-refractivity contribution in [2.75, 3.05) is 10.2 Å². The summed E-state index contributed by atoms with van der Waals surface area (Å²) in [6.07, 6.45) is 5.57. The summed E-state index contributed by atoms with van der Waals surface area (Å²) >= 11 is 0. The monoisotopic (exact) mass is 874 g/mol. The quantitative estimate of drug-likeness (QED) is 0.165. The Labute approximate surface area is 398 Å². The minimum Gasteiger partial charge on any atom is -0.456 e. The van der Waals surface area contributed by atoms with E-state index in [1.165, 1.54) is 66.8 Å². The predicted octanol–water partition coefficient (Wildman–Crippen LogP) is 17.9. The molecule has 3 nitrogen and oxygen atoms in total. The van der Waals surface area contributed by atoms with Crippen LogP contribution in [0.1, 0.15) is 67.5 Å². The molecule has 0 unspecified atom stereocenters. The second-order valence-corrected chi connectivity index (χ2v) is 19.7. The Morgan fingerprint density at radius 3 is 1.68 bits per heavy atom. The van der Waals surface area contributed by atoms with Crippen molar-refractivity contribution in [3.05, 3.63) is 246 Å². The van der Waals surface area contributed by atoms with Gasteiger partial charge in [-0.15, -0.1) is 0 Å². The average molecular weight is 875 g/mol. The first-order valence-corrected chi connectivity index (χ1v) is 23.9.